The summed E-state index contributed by atoms with van der Waals surface area (Å²) in [6.07, 6.45) is 7.89. The number of aromatic nitrogens is 3. The van der Waals surface area contributed by atoms with Gasteiger partial charge in [0.2, 0.25) is 0 Å². The molecule has 3 aromatic heterocycles. The van der Waals surface area contributed by atoms with E-state index in [1.165, 1.54) is 21.5 Å². The first-order valence-corrected chi connectivity index (χ1v) is 22.6. The Bertz CT molecular complexity index is 3380. The van der Waals surface area contributed by atoms with Crippen LogP contribution in [0.1, 0.15) is 66.5 Å². The van der Waals surface area contributed by atoms with E-state index in [1.54, 1.807) is 0 Å². The molecule has 0 bridgehead atoms. The third kappa shape index (κ3) is 6.23. The number of amidine groups is 2. The standard InChI is InChI=1S/C58H53N7/c1-55(2)57(5,6)64(44-22-14-10-15-23-44)53(61-55)41-30-39(34-59-36-41)38-28-29-48-50(32-38)63(43-20-12-9-13-21-43)51-33-49(46-26-18-19-27-47(46)52(48)51)40-31-42(37-60-35-40)54-62-56(3,4)58(7,8)65(54)45-24-16-11-17-25-45/h9-37H,1-8H3. The second-order valence-corrected chi connectivity index (χ2v) is 19.6. The molecule has 320 valence electrons. The maximum absolute atomic E-state index is 5.41. The van der Waals surface area contributed by atoms with Crippen molar-refractivity contribution in [3.63, 3.8) is 0 Å². The van der Waals surface area contributed by atoms with Gasteiger partial charge in [0.25, 0.3) is 0 Å². The molecule has 65 heavy (non-hydrogen) atoms. The van der Waals surface area contributed by atoms with Gasteiger partial charge in [0, 0.05) is 74.9 Å². The molecule has 11 rings (SSSR count). The van der Waals surface area contributed by atoms with Gasteiger partial charge in [-0.05, 0) is 138 Å². The fourth-order valence-corrected chi connectivity index (χ4v) is 9.99. The van der Waals surface area contributed by atoms with Crippen molar-refractivity contribution < 1.29 is 0 Å². The SMILES string of the molecule is CC1(C)N=C(c2cncc(-c3ccc4c5c6ccccc6c(-c6cncc(C7=NC(C)(C)C(C)(C)N7c7ccccc7)c6)cc5n(-c5ccccc5)c4c3)c2)N(c2ccccc2)C1(C)C. The van der Waals surface area contributed by atoms with E-state index in [0.717, 1.165) is 73.1 Å². The minimum absolute atomic E-state index is 0.269. The van der Waals surface area contributed by atoms with Crippen molar-refractivity contribution in [2.75, 3.05) is 9.80 Å². The molecule has 2 aliphatic heterocycles. The third-order valence-corrected chi connectivity index (χ3v) is 14.8. The summed E-state index contributed by atoms with van der Waals surface area (Å²) in [7, 11) is 0. The number of hydrogen-bond acceptors (Lipinski definition) is 6. The molecule has 0 radical (unpaired) electrons. The topological polar surface area (TPSA) is 61.9 Å². The van der Waals surface area contributed by atoms with E-state index >= 15 is 0 Å². The number of para-hydroxylation sites is 3. The van der Waals surface area contributed by atoms with E-state index in [0.29, 0.717) is 0 Å². The van der Waals surface area contributed by atoms with Crippen molar-refractivity contribution >= 4 is 55.6 Å². The molecule has 0 aliphatic carbocycles. The molecular formula is C58H53N7. The smallest absolute Gasteiger partial charge is 0.138 e. The molecule has 5 heterocycles. The van der Waals surface area contributed by atoms with Crippen LogP contribution in [-0.2, 0) is 0 Å². The summed E-state index contributed by atoms with van der Waals surface area (Å²) in [6.45, 7) is 18.0. The molecule has 0 atom stereocenters. The Balaban J connectivity index is 1.09. The number of fused-ring (bicyclic) bond motifs is 5. The first-order valence-electron chi connectivity index (χ1n) is 22.6. The highest BCUT2D eigenvalue weighted by Crippen LogP contribution is 2.46. The van der Waals surface area contributed by atoms with Gasteiger partial charge in [0.15, 0.2) is 0 Å². The largest absolute Gasteiger partial charge is 0.318 e. The van der Waals surface area contributed by atoms with E-state index < -0.39 is 0 Å². The lowest BCUT2D eigenvalue weighted by Gasteiger charge is -2.41. The molecule has 6 aromatic carbocycles. The van der Waals surface area contributed by atoms with Gasteiger partial charge < -0.3 is 14.4 Å². The highest BCUT2D eigenvalue weighted by molar-refractivity contribution is 6.25. The molecular weight excluding hydrogens is 795 g/mol. The summed E-state index contributed by atoms with van der Waals surface area (Å²) in [5, 5.41) is 4.77. The molecule has 7 nitrogen and oxygen atoms in total. The summed E-state index contributed by atoms with van der Waals surface area (Å²) in [4.78, 5) is 25.3. The van der Waals surface area contributed by atoms with Gasteiger partial charge in [-0.15, -0.1) is 0 Å². The highest BCUT2D eigenvalue weighted by atomic mass is 15.3. The van der Waals surface area contributed by atoms with Gasteiger partial charge in [-0.25, -0.2) is 0 Å². The van der Waals surface area contributed by atoms with Crippen LogP contribution in [0.15, 0.2) is 186 Å². The molecule has 0 spiro atoms. The monoisotopic (exact) mass is 847 g/mol. The fourth-order valence-electron chi connectivity index (χ4n) is 9.99. The van der Waals surface area contributed by atoms with E-state index in [4.69, 9.17) is 20.0 Å². The summed E-state index contributed by atoms with van der Waals surface area (Å²) in [5.74, 6) is 1.86. The Hall–Kier alpha value is -7.38. The van der Waals surface area contributed by atoms with Crippen LogP contribution in [0.2, 0.25) is 0 Å². The number of pyridine rings is 2. The lowest BCUT2D eigenvalue weighted by Crippen LogP contribution is -2.53. The van der Waals surface area contributed by atoms with Crippen molar-refractivity contribution in [2.24, 2.45) is 9.98 Å². The summed E-state index contributed by atoms with van der Waals surface area (Å²) in [5.41, 5.74) is 10.6. The van der Waals surface area contributed by atoms with Crippen molar-refractivity contribution in [2.45, 2.75) is 77.5 Å². The van der Waals surface area contributed by atoms with Crippen molar-refractivity contribution in [3.05, 3.63) is 188 Å². The Labute approximate surface area is 381 Å². The van der Waals surface area contributed by atoms with Crippen LogP contribution in [0.5, 0.6) is 0 Å². The number of aliphatic imine (C=N–C) groups is 2. The van der Waals surface area contributed by atoms with Crippen molar-refractivity contribution in [1.82, 2.24) is 14.5 Å². The highest BCUT2D eigenvalue weighted by Gasteiger charge is 2.51. The summed E-state index contributed by atoms with van der Waals surface area (Å²) >= 11 is 0. The van der Waals surface area contributed by atoms with Gasteiger partial charge in [-0.3, -0.25) is 20.0 Å². The van der Waals surface area contributed by atoms with E-state index in [1.807, 2.05) is 24.8 Å². The number of rotatable bonds is 7. The first kappa shape index (κ1) is 40.4. The first-order chi connectivity index (χ1) is 31.2. The molecule has 0 fully saturated rings. The molecule has 0 saturated carbocycles. The average Bonchev–Trinajstić information content (AvgIpc) is 3.83. The second kappa shape index (κ2) is 14.6. The summed E-state index contributed by atoms with van der Waals surface area (Å²) < 4.78 is 2.42. The molecule has 0 saturated heterocycles. The average molecular weight is 848 g/mol. The predicted molar refractivity (Wildman–Crippen MR) is 272 cm³/mol. The second-order valence-electron chi connectivity index (χ2n) is 19.6. The molecule has 0 N–H and O–H groups in total. The normalized spacial score (nSPS) is 17.2. The third-order valence-electron chi connectivity index (χ3n) is 14.8. The number of anilines is 2. The van der Waals surface area contributed by atoms with E-state index in [9.17, 15) is 0 Å². The maximum atomic E-state index is 5.41. The molecule has 0 amide bonds. The van der Waals surface area contributed by atoms with Crippen molar-refractivity contribution in [3.8, 4) is 27.9 Å². The zero-order valence-electron chi connectivity index (χ0n) is 38.4. The van der Waals surface area contributed by atoms with Gasteiger partial charge in [0.05, 0.1) is 33.2 Å². The van der Waals surface area contributed by atoms with Crippen LogP contribution >= 0.6 is 0 Å². The van der Waals surface area contributed by atoms with Crippen LogP contribution in [0.3, 0.4) is 0 Å². The minimum atomic E-state index is -0.340. The fraction of sp³-hybridized carbons (Fsp3) is 0.207. The lowest BCUT2D eigenvalue weighted by molar-refractivity contribution is 0.338. The number of hydrogen-bond donors (Lipinski definition) is 0. The van der Waals surface area contributed by atoms with Gasteiger partial charge in [-0.1, -0.05) is 91.0 Å². The summed E-state index contributed by atoms with van der Waals surface area (Å²) in [6, 6.07) is 54.5. The van der Waals surface area contributed by atoms with Crippen LogP contribution in [0.4, 0.5) is 11.4 Å². The Kier molecular flexibility index (Phi) is 9.06. The molecule has 9 aromatic rings. The van der Waals surface area contributed by atoms with E-state index in [2.05, 4.69) is 221 Å². The van der Waals surface area contributed by atoms with Gasteiger partial charge in [-0.2, -0.15) is 0 Å². The van der Waals surface area contributed by atoms with Crippen LogP contribution in [-0.4, -0.2) is 48.4 Å². The minimum Gasteiger partial charge on any atom is -0.318 e. The van der Waals surface area contributed by atoms with Gasteiger partial charge in [0.1, 0.15) is 11.7 Å². The number of nitrogens with zero attached hydrogens (tertiary/aromatic N) is 7. The maximum Gasteiger partial charge on any atom is 0.138 e. The lowest BCUT2D eigenvalue weighted by atomic mass is 9.83. The van der Waals surface area contributed by atoms with Crippen molar-refractivity contribution in [1.29, 1.82) is 0 Å². The van der Waals surface area contributed by atoms with Gasteiger partial charge >= 0.3 is 0 Å². The Morgan fingerprint density at radius 3 is 1.38 bits per heavy atom. The molecule has 7 heteroatoms. The number of benzene rings is 6. The van der Waals surface area contributed by atoms with Crippen LogP contribution in [0.25, 0.3) is 60.5 Å². The predicted octanol–water partition coefficient (Wildman–Crippen LogP) is 13.7. The Morgan fingerprint density at radius 1 is 0.369 bits per heavy atom. The molecule has 2 aliphatic rings. The van der Waals surface area contributed by atoms with Crippen LogP contribution < -0.4 is 9.80 Å². The molecule has 0 unspecified atom stereocenters. The Morgan fingerprint density at radius 2 is 0.831 bits per heavy atom. The van der Waals surface area contributed by atoms with Crippen LogP contribution in [0, 0.1) is 0 Å². The zero-order valence-corrected chi connectivity index (χ0v) is 38.4. The van der Waals surface area contributed by atoms with E-state index in [-0.39, 0.29) is 22.2 Å². The zero-order chi connectivity index (χ0) is 44.9. The quantitative estimate of drug-likeness (QED) is 0.160.